The van der Waals surface area contributed by atoms with Crippen LogP contribution in [0.3, 0.4) is 0 Å². The van der Waals surface area contributed by atoms with E-state index in [9.17, 15) is 13.2 Å². The van der Waals surface area contributed by atoms with Gasteiger partial charge in [0.15, 0.2) is 17.1 Å². The molecule has 0 spiro atoms. The summed E-state index contributed by atoms with van der Waals surface area (Å²) in [6, 6.07) is 9.54. The third kappa shape index (κ3) is 3.83. The molecule has 0 aliphatic heterocycles. The molecule has 3 rings (SSSR count). The fraction of sp³-hybridized carbons (Fsp3) is 0.278. The predicted octanol–water partition coefficient (Wildman–Crippen LogP) is 2.35. The molecular weight excluding hydrogens is 372 g/mol. The molecule has 3 aromatic rings. The molecule has 0 atom stereocenters. The number of nitrogens with zero attached hydrogens (tertiary/aromatic N) is 1. The number of aromatic nitrogens is 1. The van der Waals surface area contributed by atoms with E-state index in [2.05, 4.69) is 4.98 Å². The second kappa shape index (κ2) is 7.45. The first-order valence-electron chi connectivity index (χ1n) is 8.24. The summed E-state index contributed by atoms with van der Waals surface area (Å²) in [5.74, 6) is 0.507. The number of ether oxygens (including phenoxy) is 2. The van der Waals surface area contributed by atoms with Gasteiger partial charge in [-0.3, -0.25) is 4.98 Å². The molecule has 0 aliphatic rings. The van der Waals surface area contributed by atoms with Crippen LogP contribution in [0.15, 0.2) is 50.5 Å². The number of hydrogen-bond acceptors (Lipinski definition) is 6. The van der Waals surface area contributed by atoms with Gasteiger partial charge in [0, 0.05) is 19.7 Å². The molecule has 0 amide bonds. The van der Waals surface area contributed by atoms with Crippen LogP contribution >= 0.6 is 0 Å². The highest BCUT2D eigenvalue weighted by molar-refractivity contribution is 7.89. The first kappa shape index (κ1) is 19.0. The number of nitrogens with one attached hydrogen (secondary N) is 1. The molecule has 0 radical (unpaired) electrons. The minimum Gasteiger partial charge on any atom is -0.493 e. The fourth-order valence-electron chi connectivity index (χ4n) is 2.69. The Morgan fingerprint density at radius 2 is 1.93 bits per heavy atom. The molecule has 0 bridgehead atoms. The maximum Gasteiger partial charge on any atom is 0.417 e. The van der Waals surface area contributed by atoms with E-state index in [1.807, 2.05) is 6.92 Å². The van der Waals surface area contributed by atoms with E-state index in [-0.39, 0.29) is 17.0 Å². The first-order chi connectivity index (χ1) is 12.8. The number of sulfonamides is 1. The van der Waals surface area contributed by atoms with E-state index < -0.39 is 15.8 Å². The summed E-state index contributed by atoms with van der Waals surface area (Å²) >= 11 is 0. The van der Waals surface area contributed by atoms with Crippen molar-refractivity contribution in [3.05, 3.63) is 52.5 Å². The zero-order valence-corrected chi connectivity index (χ0v) is 16.0. The third-order valence-corrected chi connectivity index (χ3v) is 5.83. The van der Waals surface area contributed by atoms with Gasteiger partial charge in [0.25, 0.3) is 0 Å². The fourth-order valence-corrected chi connectivity index (χ4v) is 3.87. The van der Waals surface area contributed by atoms with Crippen molar-refractivity contribution >= 4 is 21.1 Å². The number of fused-ring (bicyclic) bond motifs is 1. The lowest BCUT2D eigenvalue weighted by molar-refractivity contribution is 0.310. The second-order valence-electron chi connectivity index (χ2n) is 5.85. The molecular formula is C18H20N2O6S. The zero-order chi connectivity index (χ0) is 19.6. The lowest BCUT2D eigenvalue weighted by Gasteiger charge is -2.18. The zero-order valence-electron chi connectivity index (χ0n) is 15.2. The molecule has 0 saturated carbocycles. The largest absolute Gasteiger partial charge is 0.493 e. The van der Waals surface area contributed by atoms with Crippen molar-refractivity contribution in [3.8, 4) is 11.5 Å². The molecule has 9 heteroatoms. The van der Waals surface area contributed by atoms with E-state index in [1.165, 1.54) is 36.7 Å². The van der Waals surface area contributed by atoms with Crippen LogP contribution in [0.25, 0.3) is 11.1 Å². The van der Waals surface area contributed by atoms with Crippen molar-refractivity contribution in [2.75, 3.05) is 20.8 Å². The monoisotopic (exact) mass is 392 g/mol. The van der Waals surface area contributed by atoms with Gasteiger partial charge in [-0.15, -0.1) is 0 Å². The topological polar surface area (TPSA) is 102 Å². The van der Waals surface area contributed by atoms with Gasteiger partial charge >= 0.3 is 5.76 Å². The van der Waals surface area contributed by atoms with Crippen molar-refractivity contribution in [1.82, 2.24) is 9.29 Å². The van der Waals surface area contributed by atoms with E-state index in [4.69, 9.17) is 13.9 Å². The lowest BCUT2D eigenvalue weighted by atomic mass is 10.2. The van der Waals surface area contributed by atoms with Crippen LogP contribution in [0, 0.1) is 0 Å². The standard InChI is InChI=1S/C18H20N2O6S/c1-4-25-15-8-5-12(9-17(15)24-3)11-20(2)27(22,23)13-6-7-14-16(10-13)26-18(21)19-14/h5-10H,4,11H2,1-3H3,(H,19,21). The van der Waals surface area contributed by atoms with Crippen LogP contribution in [0.5, 0.6) is 11.5 Å². The van der Waals surface area contributed by atoms with Crippen molar-refractivity contribution in [2.45, 2.75) is 18.4 Å². The van der Waals surface area contributed by atoms with E-state index in [0.717, 1.165) is 5.56 Å². The van der Waals surface area contributed by atoms with Gasteiger partial charge < -0.3 is 13.9 Å². The summed E-state index contributed by atoms with van der Waals surface area (Å²) in [5.41, 5.74) is 1.38. The summed E-state index contributed by atoms with van der Waals surface area (Å²) in [7, 11) is -0.762. The quantitative estimate of drug-likeness (QED) is 0.662. The van der Waals surface area contributed by atoms with Crippen molar-refractivity contribution < 1.29 is 22.3 Å². The molecule has 0 saturated heterocycles. The van der Waals surface area contributed by atoms with Crippen LogP contribution in [0.1, 0.15) is 12.5 Å². The molecule has 1 aromatic heterocycles. The number of benzene rings is 2. The van der Waals surface area contributed by atoms with Crippen LogP contribution in [0.2, 0.25) is 0 Å². The van der Waals surface area contributed by atoms with Crippen LogP contribution < -0.4 is 15.2 Å². The Hall–Kier alpha value is -2.78. The first-order valence-corrected chi connectivity index (χ1v) is 9.68. The molecule has 8 nitrogen and oxygen atoms in total. The summed E-state index contributed by atoms with van der Waals surface area (Å²) in [6.07, 6.45) is 0. The van der Waals surface area contributed by atoms with Gasteiger partial charge in [-0.1, -0.05) is 6.07 Å². The maximum atomic E-state index is 12.9. The summed E-state index contributed by atoms with van der Waals surface area (Å²) in [5, 5.41) is 0. The van der Waals surface area contributed by atoms with Crippen molar-refractivity contribution in [1.29, 1.82) is 0 Å². The normalized spacial score (nSPS) is 11.9. The Bertz CT molecular complexity index is 1120. The van der Waals surface area contributed by atoms with Gasteiger partial charge in [-0.2, -0.15) is 4.31 Å². The number of hydrogen-bond donors (Lipinski definition) is 1. The summed E-state index contributed by atoms with van der Waals surface area (Å²) in [6.45, 7) is 2.51. The minimum atomic E-state index is -3.77. The Morgan fingerprint density at radius 3 is 2.63 bits per heavy atom. The van der Waals surface area contributed by atoms with E-state index >= 15 is 0 Å². The molecule has 1 heterocycles. The van der Waals surface area contributed by atoms with Crippen LogP contribution in [-0.4, -0.2) is 38.5 Å². The molecule has 0 unspecified atom stereocenters. The Labute approximate surface area is 156 Å². The number of H-pyrrole nitrogens is 1. The van der Waals surface area contributed by atoms with Crippen LogP contribution in [0.4, 0.5) is 0 Å². The number of rotatable bonds is 7. The predicted molar refractivity (Wildman–Crippen MR) is 99.7 cm³/mol. The van der Waals surface area contributed by atoms with E-state index in [1.54, 1.807) is 18.2 Å². The average molecular weight is 392 g/mol. The van der Waals surface area contributed by atoms with Gasteiger partial charge in [0.2, 0.25) is 10.0 Å². The molecule has 0 aliphatic carbocycles. The lowest BCUT2D eigenvalue weighted by Crippen LogP contribution is -2.26. The van der Waals surface area contributed by atoms with E-state index in [0.29, 0.717) is 23.6 Å². The smallest absolute Gasteiger partial charge is 0.417 e. The van der Waals surface area contributed by atoms with Gasteiger partial charge in [0.05, 0.1) is 24.1 Å². The third-order valence-electron chi connectivity index (χ3n) is 4.03. The Balaban J connectivity index is 1.87. The highest BCUT2D eigenvalue weighted by atomic mass is 32.2. The van der Waals surface area contributed by atoms with Crippen molar-refractivity contribution in [2.24, 2.45) is 0 Å². The van der Waals surface area contributed by atoms with Gasteiger partial charge in [-0.05, 0) is 36.8 Å². The number of oxazole rings is 1. The Kier molecular flexibility index (Phi) is 5.24. The highest BCUT2D eigenvalue weighted by Gasteiger charge is 2.22. The molecule has 2 aromatic carbocycles. The second-order valence-corrected chi connectivity index (χ2v) is 7.90. The molecule has 1 N–H and O–H groups in total. The number of aromatic amines is 1. The molecule has 27 heavy (non-hydrogen) atoms. The van der Waals surface area contributed by atoms with Gasteiger partial charge in [-0.25, -0.2) is 13.2 Å². The van der Waals surface area contributed by atoms with Crippen molar-refractivity contribution in [3.63, 3.8) is 0 Å². The van der Waals surface area contributed by atoms with Gasteiger partial charge in [0.1, 0.15) is 0 Å². The minimum absolute atomic E-state index is 0.0400. The highest BCUT2D eigenvalue weighted by Crippen LogP contribution is 2.29. The molecule has 144 valence electrons. The summed E-state index contributed by atoms with van der Waals surface area (Å²) in [4.78, 5) is 13.8. The van der Waals surface area contributed by atoms with Crippen LogP contribution in [-0.2, 0) is 16.6 Å². The summed E-state index contributed by atoms with van der Waals surface area (Å²) < 4.78 is 42.6. The number of methoxy groups -OCH3 is 1. The molecule has 0 fully saturated rings. The Morgan fingerprint density at radius 1 is 1.15 bits per heavy atom. The average Bonchev–Trinajstić information content (AvgIpc) is 3.02. The maximum absolute atomic E-state index is 12.9. The SMILES string of the molecule is CCOc1ccc(CN(C)S(=O)(=O)c2ccc3[nH]c(=O)oc3c2)cc1OC.